The molecule has 0 spiro atoms. The summed E-state index contributed by atoms with van der Waals surface area (Å²) >= 11 is 0. The molecule has 0 saturated carbocycles. The van der Waals surface area contributed by atoms with Crippen molar-refractivity contribution in [3.05, 3.63) is 57.8 Å². The molecule has 248 valence electrons. The fraction of sp³-hybridized carbons (Fsp3) is 0.296. The van der Waals surface area contributed by atoms with Gasteiger partial charge in [0, 0.05) is 5.57 Å². The van der Waals surface area contributed by atoms with Gasteiger partial charge in [0.05, 0.1) is 72.9 Å². The second-order valence-electron chi connectivity index (χ2n) is 8.48. The Hall–Kier alpha value is -5.72. The topological polar surface area (TPSA) is 229 Å². The van der Waals surface area contributed by atoms with Gasteiger partial charge in [-0.1, -0.05) is 0 Å². The number of hydrogen-bond acceptors (Lipinski definition) is 17. The third kappa shape index (κ3) is 7.32. The summed E-state index contributed by atoms with van der Waals surface area (Å²) in [5.74, 6) is -6.92. The first-order chi connectivity index (χ1) is 21.7. The molecule has 0 atom stereocenters. The maximum Gasteiger partial charge on any atom is 0.428 e. The second-order valence-corrected chi connectivity index (χ2v) is 10.3. The third-order valence-corrected chi connectivity index (χ3v) is 6.90. The van der Waals surface area contributed by atoms with Crippen LogP contribution in [0.2, 0.25) is 0 Å². The molecule has 18 nitrogen and oxygen atoms in total. The van der Waals surface area contributed by atoms with E-state index in [0.717, 1.165) is 42.7 Å². The molecule has 0 aromatic heterocycles. The highest BCUT2D eigenvalue weighted by Gasteiger charge is 2.49. The Kier molecular flexibility index (Phi) is 12.2. The number of hydrazone groups is 1. The Balaban J connectivity index is 3.37. The van der Waals surface area contributed by atoms with E-state index >= 15 is 0 Å². The minimum absolute atomic E-state index is 0.253. The van der Waals surface area contributed by atoms with E-state index in [1.807, 2.05) is 0 Å². The maximum absolute atomic E-state index is 13.5. The van der Waals surface area contributed by atoms with Crippen molar-refractivity contribution in [2.45, 2.75) is 0 Å². The zero-order chi connectivity index (χ0) is 34.9. The average molecular weight is 668 g/mol. The Morgan fingerprint density at radius 3 is 1.54 bits per heavy atom. The number of anilines is 1. The van der Waals surface area contributed by atoms with Crippen molar-refractivity contribution in [2.75, 3.05) is 61.5 Å². The highest BCUT2D eigenvalue weighted by atomic mass is 32.2. The van der Waals surface area contributed by atoms with Gasteiger partial charge < -0.3 is 33.2 Å². The Bertz CT molecular complexity index is 1690. The van der Waals surface area contributed by atoms with E-state index in [0.29, 0.717) is 12.0 Å². The zero-order valence-electron chi connectivity index (χ0n) is 25.7. The first-order valence-electron chi connectivity index (χ1n) is 12.4. The number of ether oxygens (including phenoxy) is 7. The molecule has 46 heavy (non-hydrogen) atoms. The Labute approximate surface area is 262 Å². The minimum Gasteiger partial charge on any atom is -0.497 e. The summed E-state index contributed by atoms with van der Waals surface area (Å²) in [5, 5.41) is 4.09. The number of carbonyl (C=O) groups excluding carboxylic acids is 6. The normalized spacial score (nSPS) is 14.1. The van der Waals surface area contributed by atoms with Crippen LogP contribution < -0.4 is 10.2 Å². The molecule has 1 aromatic carbocycles. The van der Waals surface area contributed by atoms with E-state index < -0.39 is 85.2 Å². The summed E-state index contributed by atoms with van der Waals surface area (Å²) in [6.45, 7) is 0. The summed E-state index contributed by atoms with van der Waals surface area (Å²) in [6, 6.07) is 6.03. The molecule has 2 rings (SSSR count). The van der Waals surface area contributed by atoms with E-state index in [-0.39, 0.29) is 9.99 Å². The molecular formula is C27H29N3O15S. The summed E-state index contributed by atoms with van der Waals surface area (Å²) < 4.78 is 59.0. The first kappa shape index (κ1) is 36.5. The van der Waals surface area contributed by atoms with E-state index in [1.165, 1.54) is 31.4 Å². The first-order valence-corrected chi connectivity index (χ1v) is 14.2. The molecule has 1 N–H and O–H groups in total. The van der Waals surface area contributed by atoms with Gasteiger partial charge in [0.15, 0.2) is 5.70 Å². The molecule has 1 aliphatic carbocycles. The van der Waals surface area contributed by atoms with E-state index in [2.05, 4.69) is 20.0 Å². The van der Waals surface area contributed by atoms with Crippen molar-refractivity contribution in [3.8, 4) is 5.75 Å². The fourth-order valence-corrected chi connectivity index (χ4v) is 4.79. The van der Waals surface area contributed by atoms with Gasteiger partial charge >= 0.3 is 35.9 Å². The highest BCUT2D eigenvalue weighted by molar-refractivity contribution is 7.89. The number of rotatable bonds is 11. The van der Waals surface area contributed by atoms with Crippen LogP contribution in [0.25, 0.3) is 0 Å². The number of carbonyl (C=O) groups is 6. The molecule has 0 bridgehead atoms. The van der Waals surface area contributed by atoms with Crippen LogP contribution in [-0.4, -0.2) is 110 Å². The predicted octanol–water partition coefficient (Wildman–Crippen LogP) is 0.217. The van der Waals surface area contributed by atoms with Gasteiger partial charge in [-0.15, -0.1) is 0 Å². The van der Waals surface area contributed by atoms with E-state index in [9.17, 15) is 37.2 Å². The van der Waals surface area contributed by atoms with Crippen molar-refractivity contribution >= 4 is 57.4 Å². The molecular weight excluding hydrogens is 638 g/mol. The summed E-state index contributed by atoms with van der Waals surface area (Å²) in [6.07, 6.45) is -1.26. The van der Waals surface area contributed by atoms with Crippen molar-refractivity contribution in [3.63, 3.8) is 0 Å². The minimum atomic E-state index is -4.86. The van der Waals surface area contributed by atoms with Crippen LogP contribution in [0.4, 0.5) is 10.5 Å². The number of benzene rings is 1. The van der Waals surface area contributed by atoms with Crippen molar-refractivity contribution in [2.24, 2.45) is 5.10 Å². The smallest absolute Gasteiger partial charge is 0.428 e. The molecule has 0 radical (unpaired) electrons. The number of esters is 5. The number of nitrogens with one attached hydrogen (secondary N) is 1. The molecule has 1 amide bonds. The number of sulfonamides is 1. The molecule has 1 aromatic rings. The molecule has 0 saturated heterocycles. The van der Waals surface area contributed by atoms with Gasteiger partial charge in [-0.05, 0) is 24.3 Å². The number of hydrogen-bond donors (Lipinski definition) is 1. The summed E-state index contributed by atoms with van der Waals surface area (Å²) in [5.41, 5.74) is -4.12. The lowest BCUT2D eigenvalue weighted by atomic mass is 9.94. The van der Waals surface area contributed by atoms with E-state index in [4.69, 9.17) is 23.7 Å². The van der Waals surface area contributed by atoms with Crippen LogP contribution in [0.15, 0.2) is 62.9 Å². The average Bonchev–Trinajstić information content (AvgIpc) is 3.39. The molecule has 0 heterocycles. The van der Waals surface area contributed by atoms with Gasteiger partial charge in [-0.3, -0.25) is 5.43 Å². The number of methoxy groups -OCH3 is 7. The van der Waals surface area contributed by atoms with Crippen LogP contribution in [0, 0.1) is 0 Å². The Morgan fingerprint density at radius 2 is 1.13 bits per heavy atom. The quantitative estimate of drug-likeness (QED) is 0.144. The molecule has 0 fully saturated rings. The van der Waals surface area contributed by atoms with Crippen LogP contribution in [0.5, 0.6) is 5.75 Å². The molecule has 19 heteroatoms. The van der Waals surface area contributed by atoms with Crippen LogP contribution in [0.3, 0.4) is 0 Å². The van der Waals surface area contributed by atoms with Gasteiger partial charge in [0.1, 0.15) is 22.6 Å². The molecule has 0 aliphatic heterocycles. The van der Waals surface area contributed by atoms with Crippen LogP contribution >= 0.6 is 0 Å². The van der Waals surface area contributed by atoms with Crippen molar-refractivity contribution in [1.29, 1.82) is 0 Å². The lowest BCUT2D eigenvalue weighted by Crippen LogP contribution is -2.40. The van der Waals surface area contributed by atoms with Crippen LogP contribution in [-0.2, 0) is 62.4 Å². The molecule has 1 aliphatic rings. The van der Waals surface area contributed by atoms with Crippen molar-refractivity contribution < 1.29 is 70.3 Å². The van der Waals surface area contributed by atoms with Crippen LogP contribution in [0.1, 0.15) is 0 Å². The standard InChI is InChI=1S/C27H29N3O15S/c1-39-14-11-9-13(10-12-14)28-29-20-17(23(32)41-3)15(16(22(31)40-2)18(20)24(33)42-4)19(25(34)43-5)21(26(35)44-6)30(27(36)45-7)46(8,37)38/h9-12,28H,1-8H3/b21-19+,29-20-. The fourth-order valence-electron chi connectivity index (χ4n) is 3.95. The van der Waals surface area contributed by atoms with E-state index in [1.54, 1.807) is 0 Å². The second kappa shape index (κ2) is 15.3. The summed E-state index contributed by atoms with van der Waals surface area (Å²) in [7, 11) is 1.54. The molecule has 0 unspecified atom stereocenters. The SMILES string of the molecule is COC(=O)C1=C(C(=O)OC)/C(=N\Nc2ccc(OC)cc2)C(C(=O)OC)=C1/C(C(=O)OC)=C(/C(=O)OC)N(C(=O)OC)S(C)(=O)=O. The number of amides is 1. The zero-order valence-corrected chi connectivity index (χ0v) is 26.6. The largest absolute Gasteiger partial charge is 0.497 e. The summed E-state index contributed by atoms with van der Waals surface area (Å²) in [4.78, 5) is 79.5. The Morgan fingerprint density at radius 1 is 0.652 bits per heavy atom. The third-order valence-electron chi connectivity index (χ3n) is 5.91. The monoisotopic (exact) mass is 667 g/mol. The number of nitrogens with zero attached hydrogens (tertiary/aromatic N) is 2. The van der Waals surface area contributed by atoms with Gasteiger partial charge in [0.25, 0.3) is 0 Å². The predicted molar refractivity (Wildman–Crippen MR) is 154 cm³/mol. The lowest BCUT2D eigenvalue weighted by Gasteiger charge is -2.23. The lowest BCUT2D eigenvalue weighted by molar-refractivity contribution is -0.140. The maximum atomic E-state index is 13.5. The highest BCUT2D eigenvalue weighted by Crippen LogP contribution is 2.40. The van der Waals surface area contributed by atoms with Gasteiger partial charge in [-0.25, -0.2) is 37.2 Å². The van der Waals surface area contributed by atoms with Gasteiger partial charge in [-0.2, -0.15) is 9.41 Å². The van der Waals surface area contributed by atoms with Gasteiger partial charge in [0.2, 0.25) is 10.0 Å². The van der Waals surface area contributed by atoms with Crippen molar-refractivity contribution in [1.82, 2.24) is 4.31 Å².